The third-order valence-corrected chi connectivity index (χ3v) is 4.03. The SMILES string of the molecule is CC1CN(c2ccc([C@@H](C)O)cc2F)CC1N(C)C. The summed E-state index contributed by atoms with van der Waals surface area (Å²) < 4.78 is 14.2. The van der Waals surface area contributed by atoms with Crippen LogP contribution in [0.5, 0.6) is 0 Å². The molecule has 3 atom stereocenters. The van der Waals surface area contributed by atoms with E-state index in [-0.39, 0.29) is 5.82 Å². The van der Waals surface area contributed by atoms with E-state index in [4.69, 9.17) is 0 Å². The molecule has 0 radical (unpaired) electrons. The highest BCUT2D eigenvalue weighted by atomic mass is 19.1. The zero-order valence-corrected chi connectivity index (χ0v) is 12.1. The van der Waals surface area contributed by atoms with Gasteiger partial charge in [0.2, 0.25) is 0 Å². The number of rotatable bonds is 3. The van der Waals surface area contributed by atoms with E-state index in [0.717, 1.165) is 13.1 Å². The predicted octanol–water partition coefficient (Wildman–Crippen LogP) is 2.27. The molecule has 1 fully saturated rings. The van der Waals surface area contributed by atoms with Crippen LogP contribution in [0.2, 0.25) is 0 Å². The lowest BCUT2D eigenvalue weighted by Gasteiger charge is -2.23. The lowest BCUT2D eigenvalue weighted by molar-refractivity contribution is 0.199. The van der Waals surface area contributed by atoms with E-state index in [1.165, 1.54) is 6.07 Å². The van der Waals surface area contributed by atoms with E-state index in [1.807, 2.05) is 0 Å². The third kappa shape index (κ3) is 2.90. The summed E-state index contributed by atoms with van der Waals surface area (Å²) in [6.45, 7) is 5.56. The Labute approximate surface area is 114 Å². The summed E-state index contributed by atoms with van der Waals surface area (Å²) in [5.41, 5.74) is 1.26. The summed E-state index contributed by atoms with van der Waals surface area (Å²) in [6, 6.07) is 5.47. The quantitative estimate of drug-likeness (QED) is 0.909. The van der Waals surface area contributed by atoms with E-state index in [0.29, 0.717) is 23.2 Å². The summed E-state index contributed by atoms with van der Waals surface area (Å²) in [5.74, 6) is 0.274. The third-order valence-electron chi connectivity index (χ3n) is 4.03. The van der Waals surface area contributed by atoms with Crippen LogP contribution in [0.3, 0.4) is 0 Å². The number of hydrogen-bond donors (Lipinski definition) is 1. The molecule has 2 unspecified atom stereocenters. The van der Waals surface area contributed by atoms with Gasteiger partial charge in [0.25, 0.3) is 0 Å². The van der Waals surface area contributed by atoms with Crippen molar-refractivity contribution in [2.24, 2.45) is 5.92 Å². The molecule has 1 aromatic carbocycles. The van der Waals surface area contributed by atoms with E-state index in [9.17, 15) is 9.50 Å². The van der Waals surface area contributed by atoms with Crippen LogP contribution in [-0.4, -0.2) is 43.2 Å². The van der Waals surface area contributed by atoms with Crippen molar-refractivity contribution in [2.45, 2.75) is 26.0 Å². The molecule has 19 heavy (non-hydrogen) atoms. The van der Waals surface area contributed by atoms with Gasteiger partial charge in [-0.2, -0.15) is 0 Å². The summed E-state index contributed by atoms with van der Waals surface area (Å²) in [6.07, 6.45) is -0.629. The molecule has 0 aliphatic carbocycles. The number of anilines is 1. The van der Waals surface area contributed by atoms with Crippen LogP contribution in [-0.2, 0) is 0 Å². The van der Waals surface area contributed by atoms with E-state index in [1.54, 1.807) is 19.1 Å². The maximum absolute atomic E-state index is 14.2. The van der Waals surface area contributed by atoms with Crippen molar-refractivity contribution in [1.82, 2.24) is 4.90 Å². The van der Waals surface area contributed by atoms with Crippen LogP contribution in [0.4, 0.5) is 10.1 Å². The lowest BCUT2D eigenvalue weighted by Crippen LogP contribution is -2.34. The van der Waals surface area contributed by atoms with Gasteiger partial charge in [0.15, 0.2) is 0 Å². The topological polar surface area (TPSA) is 26.7 Å². The van der Waals surface area contributed by atoms with Crippen molar-refractivity contribution >= 4 is 5.69 Å². The van der Waals surface area contributed by atoms with Crippen molar-refractivity contribution in [3.63, 3.8) is 0 Å². The Morgan fingerprint density at radius 2 is 2.05 bits per heavy atom. The average molecular weight is 266 g/mol. The average Bonchev–Trinajstić information content (AvgIpc) is 2.71. The minimum absolute atomic E-state index is 0.245. The minimum Gasteiger partial charge on any atom is -0.389 e. The second-order valence-corrected chi connectivity index (χ2v) is 5.80. The molecule has 0 amide bonds. The number of aliphatic hydroxyl groups excluding tert-OH is 1. The van der Waals surface area contributed by atoms with Gasteiger partial charge in [0.05, 0.1) is 11.8 Å². The molecule has 0 spiro atoms. The zero-order chi connectivity index (χ0) is 14.2. The summed E-state index contributed by atoms with van der Waals surface area (Å²) in [5, 5.41) is 9.47. The standard InChI is InChI=1S/C15H23FN2O/c1-10-8-18(9-15(10)17(3)4)14-6-5-12(11(2)19)7-13(14)16/h5-7,10-11,15,19H,8-9H2,1-4H3/t10?,11-,15?/m1/s1. The molecular formula is C15H23FN2O. The zero-order valence-electron chi connectivity index (χ0n) is 12.1. The lowest BCUT2D eigenvalue weighted by atomic mass is 10.1. The fraction of sp³-hybridized carbons (Fsp3) is 0.600. The van der Waals surface area contributed by atoms with Gasteiger partial charge in [0.1, 0.15) is 5.82 Å². The van der Waals surface area contributed by atoms with Gasteiger partial charge in [-0.05, 0) is 44.6 Å². The number of hydrogen-bond acceptors (Lipinski definition) is 3. The molecule has 0 saturated carbocycles. The molecule has 1 saturated heterocycles. The van der Waals surface area contributed by atoms with Crippen LogP contribution < -0.4 is 4.90 Å². The molecule has 1 heterocycles. The van der Waals surface area contributed by atoms with Crippen molar-refractivity contribution in [3.05, 3.63) is 29.6 Å². The summed E-state index contributed by atoms with van der Waals surface area (Å²) >= 11 is 0. The van der Waals surface area contributed by atoms with E-state index in [2.05, 4.69) is 30.8 Å². The molecule has 106 valence electrons. The van der Waals surface area contributed by atoms with Gasteiger partial charge in [-0.15, -0.1) is 0 Å². The van der Waals surface area contributed by atoms with E-state index >= 15 is 0 Å². The number of aliphatic hydroxyl groups is 1. The maximum Gasteiger partial charge on any atom is 0.146 e. The highest BCUT2D eigenvalue weighted by Gasteiger charge is 2.32. The molecule has 1 aliphatic heterocycles. The van der Waals surface area contributed by atoms with Crippen molar-refractivity contribution in [1.29, 1.82) is 0 Å². The highest BCUT2D eigenvalue weighted by Crippen LogP contribution is 2.29. The molecule has 0 bridgehead atoms. The summed E-state index contributed by atoms with van der Waals surface area (Å²) in [7, 11) is 4.13. The molecule has 2 rings (SSSR count). The van der Waals surface area contributed by atoms with Crippen LogP contribution in [0.15, 0.2) is 18.2 Å². The molecule has 0 aromatic heterocycles. The molecular weight excluding hydrogens is 243 g/mol. The van der Waals surface area contributed by atoms with Gasteiger partial charge in [-0.25, -0.2) is 4.39 Å². The number of benzene rings is 1. The highest BCUT2D eigenvalue weighted by molar-refractivity contribution is 5.50. The van der Waals surface area contributed by atoms with Gasteiger partial charge in [-0.3, -0.25) is 0 Å². The Balaban J connectivity index is 2.20. The Hall–Kier alpha value is -1.13. The Bertz CT molecular complexity index is 448. The second kappa shape index (κ2) is 5.47. The minimum atomic E-state index is -0.629. The van der Waals surface area contributed by atoms with Gasteiger partial charge in [-0.1, -0.05) is 13.0 Å². The second-order valence-electron chi connectivity index (χ2n) is 5.80. The molecule has 1 N–H and O–H groups in total. The Morgan fingerprint density at radius 3 is 2.53 bits per heavy atom. The monoisotopic (exact) mass is 266 g/mol. The van der Waals surface area contributed by atoms with Crippen LogP contribution in [0.25, 0.3) is 0 Å². The molecule has 3 nitrogen and oxygen atoms in total. The van der Waals surface area contributed by atoms with Crippen molar-refractivity contribution in [2.75, 3.05) is 32.1 Å². The van der Waals surface area contributed by atoms with Crippen LogP contribution in [0, 0.1) is 11.7 Å². The van der Waals surface area contributed by atoms with Gasteiger partial charge < -0.3 is 14.9 Å². The van der Waals surface area contributed by atoms with Crippen molar-refractivity contribution in [3.8, 4) is 0 Å². The number of nitrogens with zero attached hydrogens (tertiary/aromatic N) is 2. The first kappa shape index (κ1) is 14.3. The first-order valence-corrected chi connectivity index (χ1v) is 6.79. The molecule has 4 heteroatoms. The fourth-order valence-electron chi connectivity index (χ4n) is 2.86. The first-order valence-electron chi connectivity index (χ1n) is 6.79. The Kier molecular flexibility index (Phi) is 4.11. The number of likely N-dealkylation sites (N-methyl/N-ethyl adjacent to an activating group) is 1. The van der Waals surface area contributed by atoms with E-state index < -0.39 is 6.10 Å². The number of halogens is 1. The van der Waals surface area contributed by atoms with Gasteiger partial charge >= 0.3 is 0 Å². The fourth-order valence-corrected chi connectivity index (χ4v) is 2.86. The normalized spacial score (nSPS) is 25.1. The maximum atomic E-state index is 14.2. The molecule has 1 aromatic rings. The van der Waals surface area contributed by atoms with Gasteiger partial charge in [0, 0.05) is 19.1 Å². The van der Waals surface area contributed by atoms with Crippen molar-refractivity contribution < 1.29 is 9.50 Å². The van der Waals surface area contributed by atoms with Crippen LogP contribution >= 0.6 is 0 Å². The summed E-state index contributed by atoms with van der Waals surface area (Å²) in [4.78, 5) is 4.29. The molecule has 1 aliphatic rings. The first-order chi connectivity index (χ1) is 8.90. The van der Waals surface area contributed by atoms with Crippen LogP contribution in [0.1, 0.15) is 25.5 Å². The largest absolute Gasteiger partial charge is 0.389 e. The predicted molar refractivity (Wildman–Crippen MR) is 75.9 cm³/mol. The smallest absolute Gasteiger partial charge is 0.146 e. The Morgan fingerprint density at radius 1 is 1.37 bits per heavy atom.